The Balaban J connectivity index is 3.13. The highest BCUT2D eigenvalue weighted by molar-refractivity contribution is 7.80. The van der Waals surface area contributed by atoms with Crippen LogP contribution >= 0.6 is 12.6 Å². The molecule has 0 atom stereocenters. The van der Waals surface area contributed by atoms with Crippen LogP contribution in [0.1, 0.15) is 12.5 Å². The van der Waals surface area contributed by atoms with Crippen LogP contribution in [0.25, 0.3) is 0 Å². The second kappa shape index (κ2) is 4.18. The molecule has 1 aromatic carbocycles. The lowest BCUT2D eigenvalue weighted by Crippen LogP contribution is -1.99. The van der Waals surface area contributed by atoms with E-state index in [1.807, 2.05) is 25.1 Å². The van der Waals surface area contributed by atoms with Crippen LogP contribution in [-0.4, -0.2) is 12.8 Å². The van der Waals surface area contributed by atoms with Crippen molar-refractivity contribution in [3.05, 3.63) is 23.8 Å². The van der Waals surface area contributed by atoms with Crippen molar-refractivity contribution in [1.82, 2.24) is 0 Å². The van der Waals surface area contributed by atoms with Crippen LogP contribution in [0.3, 0.4) is 0 Å². The molecule has 0 bridgehead atoms. The average Bonchev–Trinajstić information content (AvgIpc) is 2.17. The molecule has 0 aliphatic rings. The molecule has 2 N–H and O–H groups in total. The van der Waals surface area contributed by atoms with E-state index in [9.17, 15) is 0 Å². The van der Waals surface area contributed by atoms with Crippen LogP contribution in [0.2, 0.25) is 0 Å². The summed E-state index contributed by atoms with van der Waals surface area (Å²) in [6.07, 6.45) is 0. The third-order valence-corrected chi connectivity index (χ3v) is 2.16. The minimum Gasteiger partial charge on any atom is -0.496 e. The van der Waals surface area contributed by atoms with E-state index >= 15 is 0 Å². The van der Waals surface area contributed by atoms with Gasteiger partial charge in [-0.1, -0.05) is 6.07 Å². The van der Waals surface area contributed by atoms with Gasteiger partial charge >= 0.3 is 0 Å². The Hall–Kier alpha value is -1.16. The van der Waals surface area contributed by atoms with Crippen LogP contribution in [0.15, 0.2) is 28.2 Å². The number of rotatable bonds is 2. The molecule has 0 amide bonds. The van der Waals surface area contributed by atoms with Gasteiger partial charge in [-0.2, -0.15) is 5.10 Å². The first-order chi connectivity index (χ1) is 6.19. The number of thiol groups is 1. The Morgan fingerprint density at radius 1 is 1.54 bits per heavy atom. The minimum absolute atomic E-state index is 0.726. The number of hydrogen-bond acceptors (Lipinski definition) is 4. The molecule has 0 aliphatic heterocycles. The summed E-state index contributed by atoms with van der Waals surface area (Å²) >= 11 is 4.23. The number of hydrazone groups is 1. The zero-order valence-electron chi connectivity index (χ0n) is 7.61. The third-order valence-electron chi connectivity index (χ3n) is 1.79. The molecule has 0 unspecified atom stereocenters. The van der Waals surface area contributed by atoms with Gasteiger partial charge in [0.25, 0.3) is 0 Å². The molecular weight excluding hydrogens is 184 g/mol. The monoisotopic (exact) mass is 196 g/mol. The Bertz CT molecular complexity index is 336. The molecule has 1 rings (SSSR count). The lowest BCUT2D eigenvalue weighted by atomic mass is 10.1. The van der Waals surface area contributed by atoms with Gasteiger partial charge in [-0.05, 0) is 19.1 Å². The van der Waals surface area contributed by atoms with E-state index in [-0.39, 0.29) is 0 Å². The average molecular weight is 196 g/mol. The maximum Gasteiger partial charge on any atom is 0.132 e. The fourth-order valence-corrected chi connectivity index (χ4v) is 1.21. The van der Waals surface area contributed by atoms with Gasteiger partial charge in [0.15, 0.2) is 0 Å². The highest BCUT2D eigenvalue weighted by Crippen LogP contribution is 2.23. The SMILES string of the molecule is COc1cc(C(C)=NN)ccc1S. The molecular formula is C9H12N2OS. The number of hydrogen-bond donors (Lipinski definition) is 2. The largest absolute Gasteiger partial charge is 0.496 e. The highest BCUT2D eigenvalue weighted by Gasteiger charge is 2.02. The zero-order chi connectivity index (χ0) is 9.84. The molecule has 0 heterocycles. The summed E-state index contributed by atoms with van der Waals surface area (Å²) in [4.78, 5) is 0.802. The Kier molecular flexibility index (Phi) is 3.19. The van der Waals surface area contributed by atoms with Crippen LogP contribution < -0.4 is 10.6 Å². The summed E-state index contributed by atoms with van der Waals surface area (Å²) in [5.41, 5.74) is 1.71. The summed E-state index contributed by atoms with van der Waals surface area (Å²) in [6.45, 7) is 1.84. The Morgan fingerprint density at radius 3 is 2.77 bits per heavy atom. The molecule has 4 heteroatoms. The van der Waals surface area contributed by atoms with Crippen LogP contribution in [-0.2, 0) is 0 Å². The maximum absolute atomic E-state index is 5.16. The van der Waals surface area contributed by atoms with Crippen molar-refractivity contribution in [2.45, 2.75) is 11.8 Å². The number of ether oxygens (including phenoxy) is 1. The fourth-order valence-electron chi connectivity index (χ4n) is 0.977. The molecule has 0 saturated heterocycles. The van der Waals surface area contributed by atoms with Crippen molar-refractivity contribution >= 4 is 18.3 Å². The van der Waals surface area contributed by atoms with Gasteiger partial charge in [-0.15, -0.1) is 12.6 Å². The third kappa shape index (κ3) is 2.15. The van der Waals surface area contributed by atoms with Crippen LogP contribution in [0.5, 0.6) is 5.75 Å². The molecule has 13 heavy (non-hydrogen) atoms. The number of benzene rings is 1. The highest BCUT2D eigenvalue weighted by atomic mass is 32.1. The first kappa shape index (κ1) is 9.92. The smallest absolute Gasteiger partial charge is 0.132 e. The van der Waals surface area contributed by atoms with Gasteiger partial charge < -0.3 is 10.6 Å². The van der Waals surface area contributed by atoms with E-state index < -0.39 is 0 Å². The molecule has 0 radical (unpaired) electrons. The number of nitrogens with zero attached hydrogens (tertiary/aromatic N) is 1. The molecule has 1 aromatic rings. The molecule has 70 valence electrons. The predicted octanol–water partition coefficient (Wildman–Crippen LogP) is 1.67. The van der Waals surface area contributed by atoms with E-state index in [1.54, 1.807) is 7.11 Å². The first-order valence-electron chi connectivity index (χ1n) is 3.81. The van der Waals surface area contributed by atoms with Crippen molar-refractivity contribution in [3.8, 4) is 5.75 Å². The van der Waals surface area contributed by atoms with E-state index in [4.69, 9.17) is 10.6 Å². The molecule has 0 fully saturated rings. The van der Waals surface area contributed by atoms with Crippen molar-refractivity contribution in [2.75, 3.05) is 7.11 Å². The second-order valence-electron chi connectivity index (χ2n) is 2.60. The zero-order valence-corrected chi connectivity index (χ0v) is 8.51. The van der Waals surface area contributed by atoms with Crippen molar-refractivity contribution in [1.29, 1.82) is 0 Å². The van der Waals surface area contributed by atoms with Gasteiger partial charge in [0.1, 0.15) is 5.75 Å². The Morgan fingerprint density at radius 2 is 2.23 bits per heavy atom. The van der Waals surface area contributed by atoms with Crippen LogP contribution in [0, 0.1) is 0 Å². The fraction of sp³-hybridized carbons (Fsp3) is 0.222. The molecule has 0 saturated carbocycles. The lowest BCUT2D eigenvalue weighted by molar-refractivity contribution is 0.405. The molecule has 0 aromatic heterocycles. The van der Waals surface area contributed by atoms with E-state index in [0.717, 1.165) is 21.9 Å². The molecule has 0 spiro atoms. The number of methoxy groups -OCH3 is 1. The summed E-state index contributed by atoms with van der Waals surface area (Å²) in [6, 6.07) is 5.61. The number of nitrogens with two attached hydrogens (primary N) is 1. The predicted molar refractivity (Wildman–Crippen MR) is 56.6 cm³/mol. The topological polar surface area (TPSA) is 47.6 Å². The standard InChI is InChI=1S/C9H12N2OS/c1-6(11-10)7-3-4-9(13)8(5-7)12-2/h3-5,13H,10H2,1-2H3. The Labute approximate surface area is 83.0 Å². The van der Waals surface area contributed by atoms with Crippen molar-refractivity contribution in [3.63, 3.8) is 0 Å². The van der Waals surface area contributed by atoms with Gasteiger partial charge in [-0.3, -0.25) is 0 Å². The summed E-state index contributed by atoms with van der Waals surface area (Å²) in [5.74, 6) is 5.89. The van der Waals surface area contributed by atoms with Crippen LogP contribution in [0.4, 0.5) is 0 Å². The molecule has 0 aliphatic carbocycles. The van der Waals surface area contributed by atoms with Gasteiger partial charge in [0, 0.05) is 10.5 Å². The van der Waals surface area contributed by atoms with E-state index in [0.29, 0.717) is 0 Å². The van der Waals surface area contributed by atoms with Gasteiger partial charge in [0.2, 0.25) is 0 Å². The summed E-state index contributed by atoms with van der Waals surface area (Å²) in [7, 11) is 1.60. The lowest BCUT2D eigenvalue weighted by Gasteiger charge is -2.05. The minimum atomic E-state index is 0.726. The van der Waals surface area contributed by atoms with Crippen molar-refractivity contribution < 1.29 is 4.74 Å². The van der Waals surface area contributed by atoms with Crippen molar-refractivity contribution in [2.24, 2.45) is 10.9 Å². The maximum atomic E-state index is 5.16. The normalized spacial score (nSPS) is 11.5. The van der Waals surface area contributed by atoms with Gasteiger partial charge in [-0.25, -0.2) is 0 Å². The molecule has 3 nitrogen and oxygen atoms in total. The first-order valence-corrected chi connectivity index (χ1v) is 4.25. The van der Waals surface area contributed by atoms with E-state index in [1.165, 1.54) is 0 Å². The summed E-state index contributed by atoms with van der Waals surface area (Å²) < 4.78 is 5.11. The van der Waals surface area contributed by atoms with Gasteiger partial charge in [0.05, 0.1) is 12.8 Å². The quantitative estimate of drug-likeness (QED) is 0.327. The summed E-state index contributed by atoms with van der Waals surface area (Å²) in [5, 5.41) is 3.60. The second-order valence-corrected chi connectivity index (χ2v) is 3.08. The van der Waals surface area contributed by atoms with E-state index in [2.05, 4.69) is 17.7 Å².